The third kappa shape index (κ3) is 3.62. The molecule has 1 aliphatic rings. The van der Waals surface area contributed by atoms with Crippen molar-refractivity contribution < 1.29 is 9.32 Å². The number of urea groups is 1. The number of likely N-dealkylation sites (N-methyl/N-ethyl adjacent to an activating group) is 1. The highest BCUT2D eigenvalue weighted by Gasteiger charge is 2.33. The van der Waals surface area contributed by atoms with Gasteiger partial charge in [-0.3, -0.25) is 0 Å². The van der Waals surface area contributed by atoms with E-state index in [1.165, 1.54) is 5.56 Å². The Bertz CT molecular complexity index is 668. The number of amides is 2. The minimum absolute atomic E-state index is 0.00912. The number of thiophene rings is 1. The standard InChI is InChI=1S/C17H24N4O2S/c1-12-9-16(23-19-12)14-5-4-7-21(14)17(22)18-10-15(20(2)3)13-6-8-24-11-13/h6,8-9,11,14-15H,4-5,7,10H2,1-3H3,(H,18,22)/t14-,15-/m1/s1. The van der Waals surface area contributed by atoms with Crippen LogP contribution in [-0.2, 0) is 0 Å². The van der Waals surface area contributed by atoms with Gasteiger partial charge in [0.2, 0.25) is 0 Å². The minimum atomic E-state index is -0.0337. The molecule has 3 heterocycles. The van der Waals surface area contributed by atoms with E-state index in [0.717, 1.165) is 30.8 Å². The molecule has 7 heteroatoms. The molecular formula is C17H24N4O2S. The van der Waals surface area contributed by atoms with E-state index < -0.39 is 0 Å². The van der Waals surface area contributed by atoms with Crippen molar-refractivity contribution in [1.29, 1.82) is 0 Å². The van der Waals surface area contributed by atoms with Crippen molar-refractivity contribution in [3.05, 3.63) is 39.9 Å². The Morgan fingerprint density at radius 1 is 1.58 bits per heavy atom. The molecule has 1 aliphatic heterocycles. The third-order valence-electron chi connectivity index (χ3n) is 4.49. The molecule has 6 nitrogen and oxygen atoms in total. The maximum Gasteiger partial charge on any atom is 0.318 e. The molecule has 0 saturated carbocycles. The van der Waals surface area contributed by atoms with E-state index in [1.807, 2.05) is 32.0 Å². The Hall–Kier alpha value is -1.86. The molecule has 1 N–H and O–H groups in total. The number of hydrogen-bond donors (Lipinski definition) is 1. The molecule has 2 aromatic heterocycles. The van der Waals surface area contributed by atoms with Gasteiger partial charge >= 0.3 is 6.03 Å². The van der Waals surface area contributed by atoms with Crippen LogP contribution in [0.4, 0.5) is 4.79 Å². The lowest BCUT2D eigenvalue weighted by atomic mass is 10.1. The fraction of sp³-hybridized carbons (Fsp3) is 0.529. The molecule has 0 aliphatic carbocycles. The summed E-state index contributed by atoms with van der Waals surface area (Å²) < 4.78 is 5.37. The van der Waals surface area contributed by atoms with Crippen LogP contribution in [0.1, 0.15) is 41.9 Å². The molecule has 1 saturated heterocycles. The minimum Gasteiger partial charge on any atom is -0.359 e. The van der Waals surface area contributed by atoms with Crippen molar-refractivity contribution in [2.24, 2.45) is 0 Å². The number of likely N-dealkylation sites (tertiary alicyclic amines) is 1. The molecule has 1 fully saturated rings. The van der Waals surface area contributed by atoms with Gasteiger partial charge in [-0.15, -0.1) is 0 Å². The molecule has 3 rings (SSSR count). The van der Waals surface area contributed by atoms with Crippen molar-refractivity contribution in [2.75, 3.05) is 27.2 Å². The van der Waals surface area contributed by atoms with Gasteiger partial charge in [0.15, 0.2) is 5.76 Å². The smallest absolute Gasteiger partial charge is 0.318 e. The van der Waals surface area contributed by atoms with Crippen LogP contribution in [0.5, 0.6) is 0 Å². The second-order valence-electron chi connectivity index (χ2n) is 6.44. The van der Waals surface area contributed by atoms with Crippen molar-refractivity contribution >= 4 is 17.4 Å². The summed E-state index contributed by atoms with van der Waals surface area (Å²) in [5.74, 6) is 0.780. The molecule has 24 heavy (non-hydrogen) atoms. The normalized spacial score (nSPS) is 19.0. The van der Waals surface area contributed by atoms with E-state index in [4.69, 9.17) is 4.52 Å². The topological polar surface area (TPSA) is 61.6 Å². The van der Waals surface area contributed by atoms with Gasteiger partial charge in [0.25, 0.3) is 0 Å². The molecule has 130 valence electrons. The third-order valence-corrected chi connectivity index (χ3v) is 5.19. The summed E-state index contributed by atoms with van der Waals surface area (Å²) in [5.41, 5.74) is 2.08. The molecule has 2 atom stereocenters. The van der Waals surface area contributed by atoms with E-state index in [9.17, 15) is 4.79 Å². The molecule has 0 spiro atoms. The Balaban J connectivity index is 1.63. The first-order chi connectivity index (χ1) is 11.6. The predicted octanol–water partition coefficient (Wildman–Crippen LogP) is 3.19. The van der Waals surface area contributed by atoms with Crippen LogP contribution in [0.3, 0.4) is 0 Å². The van der Waals surface area contributed by atoms with Crippen LogP contribution in [0.2, 0.25) is 0 Å². The summed E-state index contributed by atoms with van der Waals surface area (Å²) in [6.45, 7) is 3.23. The number of aryl methyl sites for hydroxylation is 1. The first kappa shape index (κ1) is 17.0. The molecule has 0 bridgehead atoms. The van der Waals surface area contributed by atoms with Gasteiger partial charge in [-0.2, -0.15) is 11.3 Å². The summed E-state index contributed by atoms with van der Waals surface area (Å²) in [6, 6.07) is 4.16. The highest BCUT2D eigenvalue weighted by molar-refractivity contribution is 7.07. The zero-order valence-corrected chi connectivity index (χ0v) is 15.2. The van der Waals surface area contributed by atoms with E-state index in [-0.39, 0.29) is 18.1 Å². The lowest BCUT2D eigenvalue weighted by Crippen LogP contribution is -2.42. The molecule has 0 unspecified atom stereocenters. The molecule has 0 radical (unpaired) electrons. The highest BCUT2D eigenvalue weighted by Crippen LogP contribution is 2.32. The van der Waals surface area contributed by atoms with Crippen LogP contribution < -0.4 is 5.32 Å². The number of nitrogens with zero attached hydrogens (tertiary/aromatic N) is 3. The van der Waals surface area contributed by atoms with Gasteiger partial charge < -0.3 is 19.6 Å². The summed E-state index contributed by atoms with van der Waals surface area (Å²) in [4.78, 5) is 16.7. The predicted molar refractivity (Wildman–Crippen MR) is 94.1 cm³/mol. The Kier molecular flexibility index (Phi) is 5.20. The molecule has 2 amide bonds. The van der Waals surface area contributed by atoms with E-state index in [0.29, 0.717) is 6.54 Å². The monoisotopic (exact) mass is 348 g/mol. The summed E-state index contributed by atoms with van der Waals surface area (Å²) >= 11 is 1.68. The molecular weight excluding hydrogens is 324 g/mol. The van der Waals surface area contributed by atoms with E-state index in [2.05, 4.69) is 32.2 Å². The Morgan fingerprint density at radius 2 is 2.42 bits per heavy atom. The zero-order chi connectivity index (χ0) is 17.1. The fourth-order valence-electron chi connectivity index (χ4n) is 3.19. The molecule has 0 aromatic carbocycles. The largest absolute Gasteiger partial charge is 0.359 e. The first-order valence-corrected chi connectivity index (χ1v) is 9.16. The van der Waals surface area contributed by atoms with Crippen molar-refractivity contribution in [2.45, 2.75) is 31.8 Å². The quantitative estimate of drug-likeness (QED) is 0.901. The van der Waals surface area contributed by atoms with E-state index in [1.54, 1.807) is 11.3 Å². The number of carbonyl (C=O) groups is 1. The second kappa shape index (κ2) is 7.36. The highest BCUT2D eigenvalue weighted by atomic mass is 32.1. The maximum atomic E-state index is 12.7. The lowest BCUT2D eigenvalue weighted by Gasteiger charge is -2.27. The number of nitrogens with one attached hydrogen (secondary N) is 1. The summed E-state index contributed by atoms with van der Waals surface area (Å²) in [5, 5.41) is 11.2. The maximum absolute atomic E-state index is 12.7. The average molecular weight is 348 g/mol. The average Bonchev–Trinajstić information content (AvgIpc) is 3.27. The number of carbonyl (C=O) groups excluding carboxylic acids is 1. The van der Waals surface area contributed by atoms with Crippen LogP contribution in [0, 0.1) is 6.92 Å². The van der Waals surface area contributed by atoms with Gasteiger partial charge in [0, 0.05) is 19.2 Å². The van der Waals surface area contributed by atoms with Gasteiger partial charge in [0.1, 0.15) is 0 Å². The van der Waals surface area contributed by atoms with Crippen LogP contribution in [0.15, 0.2) is 27.4 Å². The Labute approximate surface area is 146 Å². The number of rotatable bonds is 5. The molecule has 2 aromatic rings. The van der Waals surface area contributed by atoms with Crippen molar-refractivity contribution in [3.8, 4) is 0 Å². The van der Waals surface area contributed by atoms with Crippen molar-refractivity contribution in [3.63, 3.8) is 0 Å². The van der Waals surface area contributed by atoms with Gasteiger partial charge in [-0.25, -0.2) is 4.79 Å². The van der Waals surface area contributed by atoms with Gasteiger partial charge in [-0.1, -0.05) is 5.16 Å². The second-order valence-corrected chi connectivity index (χ2v) is 7.22. The van der Waals surface area contributed by atoms with Gasteiger partial charge in [0.05, 0.1) is 17.8 Å². The van der Waals surface area contributed by atoms with Crippen molar-refractivity contribution in [1.82, 2.24) is 20.3 Å². The van der Waals surface area contributed by atoms with E-state index >= 15 is 0 Å². The Morgan fingerprint density at radius 3 is 3.04 bits per heavy atom. The first-order valence-electron chi connectivity index (χ1n) is 8.22. The zero-order valence-electron chi connectivity index (χ0n) is 14.4. The fourth-order valence-corrected chi connectivity index (χ4v) is 3.90. The summed E-state index contributed by atoms with van der Waals surface area (Å²) in [6.07, 6.45) is 1.91. The number of aromatic nitrogens is 1. The van der Waals surface area contributed by atoms with Crippen LogP contribution >= 0.6 is 11.3 Å². The van der Waals surface area contributed by atoms with Crippen LogP contribution in [0.25, 0.3) is 0 Å². The number of hydrogen-bond acceptors (Lipinski definition) is 5. The lowest BCUT2D eigenvalue weighted by molar-refractivity contribution is 0.178. The van der Waals surface area contributed by atoms with Crippen LogP contribution in [-0.4, -0.2) is 48.2 Å². The van der Waals surface area contributed by atoms with Gasteiger partial charge in [-0.05, 0) is 56.3 Å². The SMILES string of the molecule is Cc1cc([C@H]2CCCN2C(=O)NC[C@H](c2ccsc2)N(C)C)on1. The summed E-state index contributed by atoms with van der Waals surface area (Å²) in [7, 11) is 4.06.